The van der Waals surface area contributed by atoms with Gasteiger partial charge in [0.2, 0.25) is 5.91 Å². The zero-order valence-corrected chi connectivity index (χ0v) is 10.0. The normalized spacial score (nSPS) is 14.6. The van der Waals surface area contributed by atoms with Crippen LogP contribution in [0.25, 0.3) is 0 Å². The summed E-state index contributed by atoms with van der Waals surface area (Å²) in [6.45, 7) is 4.07. The molecule has 0 atom stereocenters. The van der Waals surface area contributed by atoms with Crippen LogP contribution in [0.15, 0.2) is 18.2 Å². The second kappa shape index (κ2) is 3.77. The van der Waals surface area contributed by atoms with Gasteiger partial charge in [0.25, 0.3) is 0 Å². The van der Waals surface area contributed by atoms with Gasteiger partial charge in [-0.05, 0) is 37.6 Å². The third-order valence-electron chi connectivity index (χ3n) is 2.89. The Bertz CT molecular complexity index is 514. The lowest BCUT2D eigenvalue weighted by Gasteiger charge is -2.24. The van der Waals surface area contributed by atoms with Crippen molar-refractivity contribution in [2.45, 2.75) is 20.3 Å². The van der Waals surface area contributed by atoms with E-state index in [1.807, 2.05) is 26.0 Å². The fraction of sp³-hybridized carbons (Fsp3) is 0.385. The molecule has 0 bridgehead atoms. The van der Waals surface area contributed by atoms with E-state index in [0.717, 1.165) is 11.3 Å². The van der Waals surface area contributed by atoms with Gasteiger partial charge in [0.1, 0.15) is 0 Å². The van der Waals surface area contributed by atoms with Crippen molar-refractivity contribution < 1.29 is 4.79 Å². The maximum absolute atomic E-state index is 11.9. The molecule has 0 fully saturated rings. The average Bonchev–Trinajstić information content (AvgIpc) is 2.54. The zero-order valence-electron chi connectivity index (χ0n) is 10.0. The first-order chi connectivity index (χ1) is 7.93. The van der Waals surface area contributed by atoms with Gasteiger partial charge < -0.3 is 10.6 Å². The summed E-state index contributed by atoms with van der Waals surface area (Å²) in [5, 5.41) is 9.02. The number of rotatable bonds is 2. The maximum atomic E-state index is 11.9. The summed E-state index contributed by atoms with van der Waals surface area (Å²) < 4.78 is 0. The number of fused-ring (bicyclic) bond motifs is 1. The van der Waals surface area contributed by atoms with E-state index in [1.54, 1.807) is 11.0 Å². The number of hydrogen-bond donors (Lipinski definition) is 1. The molecule has 1 aromatic rings. The molecule has 2 rings (SSSR count). The quantitative estimate of drug-likeness (QED) is 0.785. The van der Waals surface area contributed by atoms with E-state index in [9.17, 15) is 4.79 Å². The minimum absolute atomic E-state index is 0.0360. The van der Waals surface area contributed by atoms with Crippen molar-refractivity contribution in [3.63, 3.8) is 0 Å². The molecule has 17 heavy (non-hydrogen) atoms. The Kier molecular flexibility index (Phi) is 2.55. The molecule has 0 aliphatic carbocycles. The standard InChI is InChI=1S/C13H15N3O/c1-13(2,7-14)8-16-11-4-3-10(15)5-9(11)6-12(16)17/h3-5H,6,8,15H2,1-2H3. The van der Waals surface area contributed by atoms with Gasteiger partial charge in [0.15, 0.2) is 0 Å². The van der Waals surface area contributed by atoms with Gasteiger partial charge in [0, 0.05) is 17.9 Å². The first-order valence-electron chi connectivity index (χ1n) is 5.53. The molecular weight excluding hydrogens is 214 g/mol. The third kappa shape index (κ3) is 2.09. The Hall–Kier alpha value is -2.02. The monoisotopic (exact) mass is 229 g/mol. The van der Waals surface area contributed by atoms with E-state index in [4.69, 9.17) is 11.0 Å². The van der Waals surface area contributed by atoms with Crippen LogP contribution in [0.1, 0.15) is 19.4 Å². The van der Waals surface area contributed by atoms with E-state index in [2.05, 4.69) is 6.07 Å². The minimum atomic E-state index is -0.543. The molecule has 0 unspecified atom stereocenters. The predicted octanol–water partition coefficient (Wildman–Crippen LogP) is 1.71. The molecule has 1 heterocycles. The van der Waals surface area contributed by atoms with Crippen molar-refractivity contribution in [2.24, 2.45) is 5.41 Å². The summed E-state index contributed by atoms with van der Waals surface area (Å²) in [6, 6.07) is 7.67. The molecule has 4 heteroatoms. The van der Waals surface area contributed by atoms with Crippen molar-refractivity contribution >= 4 is 17.3 Å². The minimum Gasteiger partial charge on any atom is -0.399 e. The molecular formula is C13H15N3O. The zero-order chi connectivity index (χ0) is 12.6. The summed E-state index contributed by atoms with van der Waals surface area (Å²) in [5.74, 6) is 0.0360. The number of carbonyl (C=O) groups is 1. The highest BCUT2D eigenvalue weighted by atomic mass is 16.2. The molecule has 0 saturated heterocycles. The van der Waals surface area contributed by atoms with Crippen LogP contribution in [0.2, 0.25) is 0 Å². The van der Waals surface area contributed by atoms with E-state index in [1.165, 1.54) is 0 Å². The Balaban J connectivity index is 2.33. The highest BCUT2D eigenvalue weighted by molar-refractivity contribution is 6.01. The largest absolute Gasteiger partial charge is 0.399 e. The van der Waals surface area contributed by atoms with Crippen molar-refractivity contribution in [3.8, 4) is 6.07 Å². The SMILES string of the molecule is CC(C)(C#N)CN1C(=O)Cc2cc(N)ccc21. The van der Waals surface area contributed by atoms with Crippen LogP contribution in [0.3, 0.4) is 0 Å². The average molecular weight is 229 g/mol. The topological polar surface area (TPSA) is 70.1 Å². The Labute approximate surface area is 101 Å². The number of carbonyl (C=O) groups excluding carboxylic acids is 1. The Morgan fingerprint density at radius 3 is 2.88 bits per heavy atom. The van der Waals surface area contributed by atoms with Gasteiger partial charge >= 0.3 is 0 Å². The Morgan fingerprint density at radius 2 is 2.24 bits per heavy atom. The molecule has 0 aromatic heterocycles. The summed E-state index contributed by atoms with van der Waals surface area (Å²) >= 11 is 0. The number of benzene rings is 1. The van der Waals surface area contributed by atoms with Crippen LogP contribution in [-0.2, 0) is 11.2 Å². The predicted molar refractivity (Wildman–Crippen MR) is 66.3 cm³/mol. The van der Waals surface area contributed by atoms with E-state index in [0.29, 0.717) is 18.7 Å². The number of nitrogen functional groups attached to an aromatic ring is 1. The van der Waals surface area contributed by atoms with Gasteiger partial charge in [-0.1, -0.05) is 0 Å². The van der Waals surface area contributed by atoms with E-state index < -0.39 is 5.41 Å². The smallest absolute Gasteiger partial charge is 0.231 e. The van der Waals surface area contributed by atoms with Crippen molar-refractivity contribution in [3.05, 3.63) is 23.8 Å². The first kappa shape index (κ1) is 11.5. The molecule has 88 valence electrons. The number of anilines is 2. The molecule has 1 aromatic carbocycles. The number of nitriles is 1. The van der Waals surface area contributed by atoms with Gasteiger partial charge in [-0.15, -0.1) is 0 Å². The van der Waals surface area contributed by atoms with Crippen LogP contribution in [0.4, 0.5) is 11.4 Å². The van der Waals surface area contributed by atoms with E-state index >= 15 is 0 Å². The first-order valence-corrected chi connectivity index (χ1v) is 5.53. The summed E-state index contributed by atoms with van der Waals surface area (Å²) in [7, 11) is 0. The lowest BCUT2D eigenvalue weighted by molar-refractivity contribution is -0.117. The van der Waals surface area contributed by atoms with Crippen LogP contribution < -0.4 is 10.6 Å². The highest BCUT2D eigenvalue weighted by Gasteiger charge is 2.32. The molecule has 0 saturated carbocycles. The van der Waals surface area contributed by atoms with Gasteiger partial charge in [-0.3, -0.25) is 4.79 Å². The molecule has 1 aliphatic heterocycles. The van der Waals surface area contributed by atoms with Crippen molar-refractivity contribution in [1.29, 1.82) is 5.26 Å². The number of amides is 1. The van der Waals surface area contributed by atoms with Gasteiger partial charge in [-0.25, -0.2) is 0 Å². The lowest BCUT2D eigenvalue weighted by atomic mass is 9.95. The molecule has 0 spiro atoms. The highest BCUT2D eigenvalue weighted by Crippen LogP contribution is 2.32. The van der Waals surface area contributed by atoms with Crippen LogP contribution >= 0.6 is 0 Å². The van der Waals surface area contributed by atoms with Gasteiger partial charge in [0.05, 0.1) is 17.9 Å². The number of nitrogens with two attached hydrogens (primary N) is 1. The fourth-order valence-electron chi connectivity index (χ4n) is 2.01. The second-order valence-corrected chi connectivity index (χ2v) is 5.04. The molecule has 2 N–H and O–H groups in total. The fourth-order valence-corrected chi connectivity index (χ4v) is 2.01. The summed E-state index contributed by atoms with van der Waals surface area (Å²) in [5.41, 5.74) is 7.64. The molecule has 4 nitrogen and oxygen atoms in total. The molecule has 1 aliphatic rings. The van der Waals surface area contributed by atoms with Crippen molar-refractivity contribution in [2.75, 3.05) is 17.2 Å². The molecule has 1 amide bonds. The van der Waals surface area contributed by atoms with E-state index in [-0.39, 0.29) is 5.91 Å². The van der Waals surface area contributed by atoms with Crippen LogP contribution in [-0.4, -0.2) is 12.5 Å². The summed E-state index contributed by atoms with van der Waals surface area (Å²) in [4.78, 5) is 13.6. The second-order valence-electron chi connectivity index (χ2n) is 5.04. The van der Waals surface area contributed by atoms with Gasteiger partial charge in [-0.2, -0.15) is 5.26 Å². The summed E-state index contributed by atoms with van der Waals surface area (Å²) in [6.07, 6.45) is 0.377. The van der Waals surface area contributed by atoms with Crippen molar-refractivity contribution in [1.82, 2.24) is 0 Å². The number of nitrogens with zero attached hydrogens (tertiary/aromatic N) is 2. The Morgan fingerprint density at radius 1 is 1.53 bits per heavy atom. The van der Waals surface area contributed by atoms with Crippen LogP contribution in [0.5, 0.6) is 0 Å². The number of hydrogen-bond acceptors (Lipinski definition) is 3. The van der Waals surface area contributed by atoms with Crippen LogP contribution in [0, 0.1) is 16.7 Å². The third-order valence-corrected chi connectivity index (χ3v) is 2.89. The maximum Gasteiger partial charge on any atom is 0.231 e. The lowest BCUT2D eigenvalue weighted by Crippen LogP contribution is -2.35. The molecule has 0 radical (unpaired) electrons.